The molecular formula is C41H44Cl2F3N3O7. The number of alkyl halides is 2. The minimum Gasteiger partial charge on any atom is -0.619 e. The first-order valence-corrected chi connectivity index (χ1v) is 19.0. The molecule has 0 aliphatic carbocycles. The number of hydrogen-bond donors (Lipinski definition) is 1. The molecule has 0 amide bonds. The molecule has 0 radical (unpaired) electrons. The second kappa shape index (κ2) is 19.5. The van der Waals surface area contributed by atoms with Crippen molar-refractivity contribution < 1.29 is 46.4 Å². The van der Waals surface area contributed by atoms with Gasteiger partial charge in [0.2, 0.25) is 0 Å². The van der Waals surface area contributed by atoms with Gasteiger partial charge in [0.05, 0.1) is 11.7 Å². The van der Waals surface area contributed by atoms with Crippen LogP contribution >= 0.6 is 23.2 Å². The van der Waals surface area contributed by atoms with Crippen molar-refractivity contribution in [2.75, 3.05) is 19.6 Å². The number of esters is 2. The maximum atomic E-state index is 15.0. The van der Waals surface area contributed by atoms with Crippen molar-refractivity contribution in [3.8, 4) is 11.5 Å². The lowest BCUT2D eigenvalue weighted by Gasteiger charge is -2.36. The summed E-state index contributed by atoms with van der Waals surface area (Å²) < 4.78 is 64.2. The molecule has 1 fully saturated rings. The van der Waals surface area contributed by atoms with Gasteiger partial charge in [0.15, 0.2) is 23.9 Å². The van der Waals surface area contributed by atoms with E-state index < -0.39 is 42.6 Å². The van der Waals surface area contributed by atoms with Crippen LogP contribution < -0.4 is 19.5 Å². The number of halogens is 5. The molecule has 4 aromatic rings. The molecule has 2 heterocycles. The van der Waals surface area contributed by atoms with E-state index in [1.165, 1.54) is 42.5 Å². The van der Waals surface area contributed by atoms with E-state index in [9.17, 15) is 23.6 Å². The summed E-state index contributed by atoms with van der Waals surface area (Å²) in [4.78, 5) is 29.5. The first-order valence-electron chi connectivity index (χ1n) is 18.2. The Morgan fingerprint density at radius 1 is 1.00 bits per heavy atom. The van der Waals surface area contributed by atoms with Gasteiger partial charge in [0.25, 0.3) is 0 Å². The highest BCUT2D eigenvalue weighted by Crippen LogP contribution is 2.37. The molecule has 3 aromatic carbocycles. The minimum absolute atomic E-state index is 0.00730. The summed E-state index contributed by atoms with van der Waals surface area (Å²) in [5, 5.41) is 15.1. The first kappa shape index (κ1) is 42.6. The molecule has 300 valence electrons. The molecule has 1 aromatic heterocycles. The third kappa shape index (κ3) is 11.3. The number of rotatable bonds is 16. The van der Waals surface area contributed by atoms with E-state index >= 15 is 4.39 Å². The summed E-state index contributed by atoms with van der Waals surface area (Å²) >= 11 is 12.7. The third-order valence-corrected chi connectivity index (χ3v) is 10.1. The molecule has 1 aliphatic rings. The van der Waals surface area contributed by atoms with Crippen LogP contribution in [-0.4, -0.2) is 55.3 Å². The van der Waals surface area contributed by atoms with Gasteiger partial charge >= 0.3 is 18.6 Å². The van der Waals surface area contributed by atoms with Gasteiger partial charge in [-0.25, -0.2) is 14.0 Å². The van der Waals surface area contributed by atoms with Gasteiger partial charge in [0.1, 0.15) is 34.1 Å². The third-order valence-electron chi connectivity index (χ3n) is 9.45. The monoisotopic (exact) mass is 817 g/mol. The molecule has 0 bridgehead atoms. The van der Waals surface area contributed by atoms with Crippen molar-refractivity contribution in [2.24, 2.45) is 5.92 Å². The number of carbonyl (C=O) groups excluding carboxylic acids is 2. The van der Waals surface area contributed by atoms with Crippen LogP contribution in [0.25, 0.3) is 0 Å². The maximum Gasteiger partial charge on any atom is 0.387 e. The van der Waals surface area contributed by atoms with E-state index in [1.54, 1.807) is 38.1 Å². The Morgan fingerprint density at radius 2 is 1.70 bits per heavy atom. The molecule has 10 nitrogen and oxygen atoms in total. The molecule has 56 heavy (non-hydrogen) atoms. The molecule has 4 atom stereocenters. The number of nitrogens with zero attached hydrogens (tertiary/aromatic N) is 2. The second-order valence-corrected chi connectivity index (χ2v) is 14.6. The number of aromatic nitrogens is 1. The van der Waals surface area contributed by atoms with E-state index in [1.807, 2.05) is 6.92 Å². The minimum atomic E-state index is -3.11. The van der Waals surface area contributed by atoms with Gasteiger partial charge in [-0.1, -0.05) is 73.4 Å². The predicted molar refractivity (Wildman–Crippen MR) is 204 cm³/mol. The van der Waals surface area contributed by atoms with E-state index in [0.29, 0.717) is 28.0 Å². The van der Waals surface area contributed by atoms with Gasteiger partial charge in [0, 0.05) is 30.6 Å². The van der Waals surface area contributed by atoms with Crippen LogP contribution in [-0.2, 0) is 27.2 Å². The number of ether oxygens (including phenoxy) is 4. The quantitative estimate of drug-likeness (QED) is 0.0677. The average molecular weight is 819 g/mol. The van der Waals surface area contributed by atoms with Crippen molar-refractivity contribution in [2.45, 2.75) is 78.0 Å². The molecule has 2 unspecified atom stereocenters. The molecule has 1 aliphatic heterocycles. The van der Waals surface area contributed by atoms with Crippen molar-refractivity contribution in [3.63, 3.8) is 0 Å². The van der Waals surface area contributed by atoms with E-state index in [4.69, 9.17) is 37.4 Å². The lowest BCUT2D eigenvalue weighted by atomic mass is 9.95. The van der Waals surface area contributed by atoms with Crippen LogP contribution in [0.1, 0.15) is 78.9 Å². The fourth-order valence-corrected chi connectivity index (χ4v) is 6.96. The van der Waals surface area contributed by atoms with Crippen LogP contribution in [0.2, 0.25) is 10.0 Å². The smallest absolute Gasteiger partial charge is 0.387 e. The topological polar surface area (TPSA) is 113 Å². The molecule has 0 saturated carbocycles. The zero-order valence-corrected chi connectivity index (χ0v) is 32.9. The van der Waals surface area contributed by atoms with Crippen LogP contribution in [0.15, 0.2) is 79.1 Å². The van der Waals surface area contributed by atoms with Crippen LogP contribution in [0.5, 0.6) is 11.5 Å². The molecule has 1 N–H and O–H groups in total. The Balaban J connectivity index is 1.35. The Labute approximate surface area is 334 Å². The lowest BCUT2D eigenvalue weighted by Crippen LogP contribution is -2.46. The summed E-state index contributed by atoms with van der Waals surface area (Å²) in [5.74, 6) is -1.96. The number of benzene rings is 3. The summed E-state index contributed by atoms with van der Waals surface area (Å²) in [7, 11) is 0. The zero-order valence-electron chi connectivity index (χ0n) is 31.4. The Bertz CT molecular complexity index is 1950. The largest absolute Gasteiger partial charge is 0.619 e. The SMILES string of the molecule is CCN1CCC(C)[C@@H](OC(=O)C(NCc2ccc(C(=O)O[C@@H](Cc3c(Cl)c[n+]([O-])cc3Cl)c3ccc(OC(F)F)c(OC(C)C)c3)cc2)c2ccccc2F)C1. The van der Waals surface area contributed by atoms with E-state index in [2.05, 4.69) is 21.9 Å². The highest BCUT2D eigenvalue weighted by atomic mass is 35.5. The Morgan fingerprint density at radius 3 is 2.34 bits per heavy atom. The summed E-state index contributed by atoms with van der Waals surface area (Å²) in [6, 6.07) is 15.5. The van der Waals surface area contributed by atoms with Crippen LogP contribution in [0, 0.1) is 16.9 Å². The van der Waals surface area contributed by atoms with Crippen molar-refractivity contribution in [1.82, 2.24) is 10.2 Å². The Hall–Kier alpha value is -4.56. The number of carbonyl (C=O) groups is 2. The highest BCUT2D eigenvalue weighted by Gasteiger charge is 2.33. The Kier molecular flexibility index (Phi) is 14.9. The summed E-state index contributed by atoms with van der Waals surface area (Å²) in [5.41, 5.74) is 1.64. The van der Waals surface area contributed by atoms with Crippen LogP contribution in [0.3, 0.4) is 0 Å². The zero-order chi connectivity index (χ0) is 40.5. The first-order chi connectivity index (χ1) is 26.7. The second-order valence-electron chi connectivity index (χ2n) is 13.8. The normalized spacial score (nSPS) is 17.1. The summed E-state index contributed by atoms with van der Waals surface area (Å²) in [6.07, 6.45) is 1.17. The van der Waals surface area contributed by atoms with Gasteiger partial charge in [-0.3, -0.25) is 10.2 Å². The van der Waals surface area contributed by atoms with Gasteiger partial charge < -0.3 is 24.2 Å². The van der Waals surface area contributed by atoms with Gasteiger partial charge in [-0.05, 0) is 80.7 Å². The number of likely N-dealkylation sites (N-methyl/N-ethyl adjacent to an activating group) is 1. The van der Waals surface area contributed by atoms with Crippen molar-refractivity contribution >= 4 is 35.1 Å². The standard InChI is InChI=1S/C41H44Cl2F3N3O7/c1-5-48-17-16-25(4)37(23-48)55-40(51)38(29-8-6-7-9-33(29)44)47-20-26-10-12-27(13-11-26)39(50)54-35(19-30-31(42)21-49(52)22-32(30)43)28-14-15-34(56-41(45)46)36(18-28)53-24(2)3/h6-15,18,21-22,24-25,35,37-38,41,47H,5,16-17,19-20,23H2,1-4H3/t25?,35-,37-,38?/m0/s1. The molecule has 1 saturated heterocycles. The van der Waals surface area contributed by atoms with Crippen LogP contribution in [0.4, 0.5) is 13.2 Å². The number of piperidine rings is 1. The molecular weight excluding hydrogens is 774 g/mol. The van der Waals surface area contributed by atoms with Gasteiger partial charge in [-0.2, -0.15) is 13.5 Å². The molecule has 15 heteroatoms. The lowest BCUT2D eigenvalue weighted by molar-refractivity contribution is -0.605. The number of nitrogens with one attached hydrogen (secondary N) is 1. The van der Waals surface area contributed by atoms with E-state index in [0.717, 1.165) is 31.9 Å². The number of likely N-dealkylation sites (tertiary alicyclic amines) is 1. The van der Waals surface area contributed by atoms with Crippen molar-refractivity contribution in [3.05, 3.63) is 128 Å². The molecule has 0 spiro atoms. The van der Waals surface area contributed by atoms with Gasteiger partial charge in [-0.15, -0.1) is 0 Å². The highest BCUT2D eigenvalue weighted by molar-refractivity contribution is 6.35. The average Bonchev–Trinajstić information content (AvgIpc) is 3.14. The number of pyridine rings is 1. The van der Waals surface area contributed by atoms with E-state index in [-0.39, 0.29) is 57.7 Å². The maximum absolute atomic E-state index is 15.0. The summed E-state index contributed by atoms with van der Waals surface area (Å²) in [6.45, 7) is 6.88. The number of hydrogen-bond acceptors (Lipinski definition) is 9. The van der Waals surface area contributed by atoms with Crippen molar-refractivity contribution in [1.29, 1.82) is 0 Å². The fourth-order valence-electron chi connectivity index (χ4n) is 6.36. The predicted octanol–water partition coefficient (Wildman–Crippen LogP) is 8.40. The molecule has 5 rings (SSSR count). The fraction of sp³-hybridized carbons (Fsp3) is 0.390.